The van der Waals surface area contributed by atoms with Gasteiger partial charge in [0.25, 0.3) is 5.89 Å². The average Bonchev–Trinajstić information content (AvgIpc) is 2.95. The molecule has 1 saturated heterocycles. The van der Waals surface area contributed by atoms with Crippen molar-refractivity contribution >= 4 is 12.4 Å². The van der Waals surface area contributed by atoms with Gasteiger partial charge in [-0.2, -0.15) is 4.98 Å². The van der Waals surface area contributed by atoms with E-state index < -0.39 is 0 Å². The third-order valence-electron chi connectivity index (χ3n) is 2.85. The lowest BCUT2D eigenvalue weighted by molar-refractivity contribution is 0.00755. The van der Waals surface area contributed by atoms with Crippen LogP contribution in [0.5, 0.6) is 5.75 Å². The largest absolute Gasteiger partial charge is 0.485 e. The molecule has 0 aliphatic carbocycles. The van der Waals surface area contributed by atoms with Crippen molar-refractivity contribution in [3.63, 3.8) is 0 Å². The number of morpholine rings is 1. The molecule has 6 nitrogen and oxygen atoms in total. The van der Waals surface area contributed by atoms with E-state index >= 15 is 0 Å². The molecule has 1 aliphatic heterocycles. The molecule has 1 fully saturated rings. The molecule has 0 saturated carbocycles. The first-order valence-corrected chi connectivity index (χ1v) is 6.34. The zero-order chi connectivity index (χ0) is 13.8. The molecule has 8 heteroatoms. The number of hydrogen-bond acceptors (Lipinski definition) is 6. The summed E-state index contributed by atoms with van der Waals surface area (Å²) in [6.45, 7) is 2.20. The van der Waals surface area contributed by atoms with Gasteiger partial charge < -0.3 is 19.3 Å². The van der Waals surface area contributed by atoms with E-state index in [-0.39, 0.29) is 30.9 Å². The van der Waals surface area contributed by atoms with Gasteiger partial charge in [-0.25, -0.2) is 4.39 Å². The van der Waals surface area contributed by atoms with Gasteiger partial charge in [-0.1, -0.05) is 11.2 Å². The Morgan fingerprint density at radius 3 is 3.10 bits per heavy atom. The molecule has 1 aromatic carbocycles. The number of benzene rings is 1. The molecule has 0 amide bonds. The van der Waals surface area contributed by atoms with Gasteiger partial charge in [0.05, 0.1) is 6.61 Å². The van der Waals surface area contributed by atoms with Gasteiger partial charge in [0.15, 0.2) is 6.61 Å². The predicted octanol–water partition coefficient (Wildman–Crippen LogP) is 1.87. The fraction of sp³-hybridized carbons (Fsp3) is 0.385. The molecule has 2 aromatic rings. The lowest BCUT2D eigenvalue weighted by Gasteiger charge is -2.19. The zero-order valence-electron chi connectivity index (χ0n) is 11.1. The van der Waals surface area contributed by atoms with Gasteiger partial charge in [0.1, 0.15) is 17.7 Å². The first-order valence-electron chi connectivity index (χ1n) is 6.34. The van der Waals surface area contributed by atoms with Crippen LogP contribution in [0, 0.1) is 5.82 Å². The monoisotopic (exact) mass is 315 g/mol. The van der Waals surface area contributed by atoms with Crippen LogP contribution in [0.15, 0.2) is 28.8 Å². The number of aromatic nitrogens is 2. The molecule has 0 bridgehead atoms. The minimum Gasteiger partial charge on any atom is -0.485 e. The summed E-state index contributed by atoms with van der Waals surface area (Å²) in [6.07, 6.45) is -0.223. The third-order valence-corrected chi connectivity index (χ3v) is 2.85. The third kappa shape index (κ3) is 4.13. The van der Waals surface area contributed by atoms with Crippen LogP contribution >= 0.6 is 12.4 Å². The molecule has 0 unspecified atom stereocenters. The number of nitrogens with one attached hydrogen (secondary N) is 1. The van der Waals surface area contributed by atoms with E-state index in [2.05, 4.69) is 15.5 Å². The highest BCUT2D eigenvalue weighted by Crippen LogP contribution is 2.17. The molecule has 2 heterocycles. The first kappa shape index (κ1) is 15.7. The van der Waals surface area contributed by atoms with Gasteiger partial charge in [0.2, 0.25) is 5.82 Å². The Hall–Kier alpha value is -1.70. The highest BCUT2D eigenvalue weighted by molar-refractivity contribution is 5.85. The number of halogens is 2. The van der Waals surface area contributed by atoms with Crippen LogP contribution in [0.2, 0.25) is 0 Å². The summed E-state index contributed by atoms with van der Waals surface area (Å²) < 4.78 is 29.0. The lowest BCUT2D eigenvalue weighted by atomic mass is 10.3. The van der Waals surface area contributed by atoms with Gasteiger partial charge >= 0.3 is 0 Å². The molecule has 0 radical (unpaired) electrons. The molecular formula is C13H15ClFN3O3. The number of hydrogen-bond donors (Lipinski definition) is 1. The molecule has 1 aromatic heterocycles. The second-order valence-electron chi connectivity index (χ2n) is 4.36. The molecule has 0 spiro atoms. The smallest absolute Gasteiger partial charge is 0.257 e. The Bertz CT molecular complexity index is 575. The number of nitrogens with zero attached hydrogens (tertiary/aromatic N) is 2. The number of rotatable bonds is 4. The summed E-state index contributed by atoms with van der Waals surface area (Å²) in [5.74, 6) is 0.901. The average molecular weight is 316 g/mol. The summed E-state index contributed by atoms with van der Waals surface area (Å²) in [5.41, 5.74) is 0. The molecule has 1 atom stereocenters. The predicted molar refractivity (Wildman–Crippen MR) is 73.8 cm³/mol. The fourth-order valence-corrected chi connectivity index (χ4v) is 1.89. The minimum atomic E-state index is -0.349. The van der Waals surface area contributed by atoms with Crippen LogP contribution in [0.4, 0.5) is 4.39 Å². The Labute approximate surface area is 127 Å². The van der Waals surface area contributed by atoms with Gasteiger partial charge in [-0.05, 0) is 12.1 Å². The molecular weight excluding hydrogens is 301 g/mol. The summed E-state index contributed by atoms with van der Waals surface area (Å²) in [4.78, 5) is 4.21. The summed E-state index contributed by atoms with van der Waals surface area (Å²) >= 11 is 0. The van der Waals surface area contributed by atoms with E-state index in [1.54, 1.807) is 12.1 Å². The van der Waals surface area contributed by atoms with E-state index in [0.717, 1.165) is 6.54 Å². The van der Waals surface area contributed by atoms with Crippen molar-refractivity contribution < 1.29 is 18.4 Å². The Balaban J connectivity index is 0.00000161. The van der Waals surface area contributed by atoms with Crippen molar-refractivity contribution in [2.75, 3.05) is 19.7 Å². The van der Waals surface area contributed by atoms with E-state index in [4.69, 9.17) is 14.0 Å². The molecule has 114 valence electrons. The van der Waals surface area contributed by atoms with Crippen LogP contribution in [0.25, 0.3) is 0 Å². The highest BCUT2D eigenvalue weighted by Gasteiger charge is 2.22. The topological polar surface area (TPSA) is 69.4 Å². The number of ether oxygens (including phenoxy) is 2. The van der Waals surface area contributed by atoms with Crippen molar-refractivity contribution in [2.24, 2.45) is 0 Å². The van der Waals surface area contributed by atoms with Gasteiger partial charge in [-0.3, -0.25) is 0 Å². The summed E-state index contributed by atoms with van der Waals surface area (Å²) in [6, 6.07) is 5.90. The first-order chi connectivity index (χ1) is 9.81. The SMILES string of the molecule is Cl.Fc1cccc(OCc2noc([C@@H]3CNCCO3)n2)c1. The van der Waals surface area contributed by atoms with Crippen molar-refractivity contribution in [2.45, 2.75) is 12.7 Å². The van der Waals surface area contributed by atoms with Gasteiger partial charge in [-0.15, -0.1) is 12.4 Å². The van der Waals surface area contributed by atoms with E-state index in [9.17, 15) is 4.39 Å². The zero-order valence-corrected chi connectivity index (χ0v) is 11.9. The normalized spacial score (nSPS) is 18.0. The van der Waals surface area contributed by atoms with E-state index in [0.29, 0.717) is 30.6 Å². The van der Waals surface area contributed by atoms with Gasteiger partial charge in [0, 0.05) is 19.2 Å². The maximum absolute atomic E-state index is 13.0. The lowest BCUT2D eigenvalue weighted by Crippen LogP contribution is -2.33. The fourth-order valence-electron chi connectivity index (χ4n) is 1.89. The van der Waals surface area contributed by atoms with Crippen molar-refractivity contribution in [1.82, 2.24) is 15.5 Å². The van der Waals surface area contributed by atoms with Crippen molar-refractivity contribution in [3.05, 3.63) is 41.8 Å². The molecule has 3 rings (SSSR count). The highest BCUT2D eigenvalue weighted by atomic mass is 35.5. The van der Waals surface area contributed by atoms with Crippen LogP contribution in [-0.4, -0.2) is 29.8 Å². The van der Waals surface area contributed by atoms with Crippen molar-refractivity contribution in [1.29, 1.82) is 0 Å². The van der Waals surface area contributed by atoms with Crippen LogP contribution in [0.1, 0.15) is 17.8 Å². The quantitative estimate of drug-likeness (QED) is 0.929. The summed E-state index contributed by atoms with van der Waals surface area (Å²) in [5, 5.41) is 7.00. The van der Waals surface area contributed by atoms with E-state index in [1.165, 1.54) is 12.1 Å². The Morgan fingerprint density at radius 2 is 2.33 bits per heavy atom. The van der Waals surface area contributed by atoms with Crippen molar-refractivity contribution in [3.8, 4) is 5.75 Å². The molecule has 21 heavy (non-hydrogen) atoms. The Morgan fingerprint density at radius 1 is 1.43 bits per heavy atom. The Kier molecular flexibility index (Phi) is 5.49. The maximum atomic E-state index is 13.0. The van der Waals surface area contributed by atoms with Crippen LogP contribution in [0.3, 0.4) is 0 Å². The second-order valence-corrected chi connectivity index (χ2v) is 4.36. The van der Waals surface area contributed by atoms with Crippen LogP contribution in [-0.2, 0) is 11.3 Å². The molecule has 1 aliphatic rings. The van der Waals surface area contributed by atoms with E-state index in [1.807, 2.05) is 0 Å². The molecule has 1 N–H and O–H groups in total. The standard InChI is InChI=1S/C13H14FN3O3.ClH/c14-9-2-1-3-10(6-9)19-8-12-16-13(20-17-12)11-7-15-4-5-18-11;/h1-3,6,11,15H,4-5,7-8H2;1H/t11-;/m0./s1. The summed E-state index contributed by atoms with van der Waals surface area (Å²) in [7, 11) is 0. The minimum absolute atomic E-state index is 0. The second kappa shape index (κ2) is 7.35. The van der Waals surface area contributed by atoms with Crippen LogP contribution < -0.4 is 10.1 Å². The maximum Gasteiger partial charge on any atom is 0.257 e.